The van der Waals surface area contributed by atoms with Gasteiger partial charge in [-0.3, -0.25) is 4.99 Å². The van der Waals surface area contributed by atoms with Gasteiger partial charge in [0.1, 0.15) is 0 Å². The summed E-state index contributed by atoms with van der Waals surface area (Å²) < 4.78 is 5.39. The van der Waals surface area contributed by atoms with Gasteiger partial charge in [0.2, 0.25) is 0 Å². The quantitative estimate of drug-likeness (QED) is 0.795. The molecule has 0 N–H and O–H groups in total. The number of benzene rings is 2. The normalized spacial score (nSPS) is 16.9. The lowest BCUT2D eigenvalue weighted by Crippen LogP contribution is -2.36. The zero-order valence-corrected chi connectivity index (χ0v) is 13.0. The van der Waals surface area contributed by atoms with Crippen molar-refractivity contribution < 1.29 is 4.74 Å². The van der Waals surface area contributed by atoms with Crippen LogP contribution in [0.15, 0.2) is 59.6 Å². The first-order chi connectivity index (χ1) is 10.8. The minimum atomic E-state index is 0.320. The van der Waals surface area contributed by atoms with E-state index < -0.39 is 0 Å². The molecule has 0 saturated carbocycles. The number of morpholine rings is 1. The van der Waals surface area contributed by atoms with Crippen LogP contribution in [0, 0.1) is 0 Å². The van der Waals surface area contributed by atoms with E-state index >= 15 is 0 Å². The van der Waals surface area contributed by atoms with Crippen molar-refractivity contribution in [2.24, 2.45) is 4.99 Å². The molecule has 0 bridgehead atoms. The van der Waals surface area contributed by atoms with E-state index in [0.717, 1.165) is 32.0 Å². The lowest BCUT2D eigenvalue weighted by molar-refractivity contribution is 0.122. The zero-order valence-electron chi connectivity index (χ0n) is 13.0. The van der Waals surface area contributed by atoms with Crippen molar-refractivity contribution in [2.45, 2.75) is 12.8 Å². The first-order valence-corrected chi connectivity index (χ1v) is 7.85. The highest BCUT2D eigenvalue weighted by Crippen LogP contribution is 2.21. The minimum absolute atomic E-state index is 0.320. The van der Waals surface area contributed by atoms with Gasteiger partial charge in [0.25, 0.3) is 0 Å². The second kappa shape index (κ2) is 7.23. The van der Waals surface area contributed by atoms with E-state index in [4.69, 9.17) is 4.74 Å². The SMILES string of the molecule is CC(C=Nc1ccc(N2CCOCC2)cc1)c1ccccc1. The van der Waals surface area contributed by atoms with Gasteiger partial charge in [-0.15, -0.1) is 0 Å². The Morgan fingerprint density at radius 1 is 1.00 bits per heavy atom. The lowest BCUT2D eigenvalue weighted by atomic mass is 10.0. The summed E-state index contributed by atoms with van der Waals surface area (Å²) in [6.45, 7) is 5.73. The predicted octanol–water partition coefficient (Wildman–Crippen LogP) is 4.03. The maximum absolute atomic E-state index is 5.39. The number of nitrogens with zero attached hydrogens (tertiary/aromatic N) is 2. The number of rotatable bonds is 4. The summed E-state index contributed by atoms with van der Waals surface area (Å²) in [6.07, 6.45) is 2.01. The van der Waals surface area contributed by atoms with Gasteiger partial charge in [0.05, 0.1) is 18.9 Å². The van der Waals surface area contributed by atoms with Gasteiger partial charge in [-0.2, -0.15) is 0 Å². The van der Waals surface area contributed by atoms with Gasteiger partial charge in [-0.1, -0.05) is 37.3 Å². The van der Waals surface area contributed by atoms with Crippen molar-refractivity contribution in [3.05, 3.63) is 60.2 Å². The molecule has 0 amide bonds. The lowest BCUT2D eigenvalue weighted by Gasteiger charge is -2.28. The number of hydrogen-bond donors (Lipinski definition) is 0. The standard InChI is InChI=1S/C19H22N2O/c1-16(17-5-3-2-4-6-17)15-20-18-7-9-19(10-8-18)21-11-13-22-14-12-21/h2-10,15-16H,11-14H2,1H3. The molecule has 22 heavy (non-hydrogen) atoms. The van der Waals surface area contributed by atoms with Crippen LogP contribution in [0.4, 0.5) is 11.4 Å². The second-order valence-electron chi connectivity index (χ2n) is 5.59. The summed E-state index contributed by atoms with van der Waals surface area (Å²) in [5.74, 6) is 0.320. The summed E-state index contributed by atoms with van der Waals surface area (Å²) in [4.78, 5) is 6.95. The van der Waals surface area contributed by atoms with Crippen LogP contribution in [0.1, 0.15) is 18.4 Å². The average Bonchev–Trinajstić information content (AvgIpc) is 2.61. The Morgan fingerprint density at radius 3 is 2.36 bits per heavy atom. The Bertz CT molecular complexity index is 601. The third-order valence-electron chi connectivity index (χ3n) is 4.00. The Hall–Kier alpha value is -2.13. The number of aliphatic imine (C=N–C) groups is 1. The summed E-state index contributed by atoms with van der Waals surface area (Å²) in [6, 6.07) is 18.9. The second-order valence-corrected chi connectivity index (χ2v) is 5.59. The molecule has 3 nitrogen and oxygen atoms in total. The molecule has 0 aromatic heterocycles. The zero-order chi connectivity index (χ0) is 15.2. The van der Waals surface area contributed by atoms with Crippen LogP contribution in [-0.2, 0) is 4.74 Å². The van der Waals surface area contributed by atoms with Crippen molar-refractivity contribution in [3.8, 4) is 0 Å². The van der Waals surface area contributed by atoms with Crippen LogP contribution in [0.25, 0.3) is 0 Å². The molecule has 1 atom stereocenters. The molecule has 114 valence electrons. The third-order valence-corrected chi connectivity index (χ3v) is 4.00. The summed E-state index contributed by atoms with van der Waals surface area (Å²) in [7, 11) is 0. The van der Waals surface area contributed by atoms with Crippen molar-refractivity contribution in [1.82, 2.24) is 0 Å². The van der Waals surface area contributed by atoms with Crippen molar-refractivity contribution in [1.29, 1.82) is 0 Å². The van der Waals surface area contributed by atoms with E-state index in [2.05, 4.69) is 65.3 Å². The highest BCUT2D eigenvalue weighted by Gasteiger charge is 2.10. The maximum Gasteiger partial charge on any atom is 0.0642 e. The van der Waals surface area contributed by atoms with Crippen LogP contribution in [0.5, 0.6) is 0 Å². The van der Waals surface area contributed by atoms with Crippen molar-refractivity contribution in [3.63, 3.8) is 0 Å². The molecule has 1 aliphatic heterocycles. The van der Waals surface area contributed by atoms with Gasteiger partial charge in [-0.25, -0.2) is 0 Å². The predicted molar refractivity (Wildman–Crippen MR) is 92.5 cm³/mol. The van der Waals surface area contributed by atoms with E-state index in [0.29, 0.717) is 5.92 Å². The molecular weight excluding hydrogens is 272 g/mol. The Kier molecular flexibility index (Phi) is 4.86. The first-order valence-electron chi connectivity index (χ1n) is 7.85. The molecule has 0 aliphatic carbocycles. The largest absolute Gasteiger partial charge is 0.378 e. The van der Waals surface area contributed by atoms with Crippen LogP contribution in [-0.4, -0.2) is 32.5 Å². The molecule has 3 heteroatoms. The molecule has 1 saturated heterocycles. The van der Waals surface area contributed by atoms with E-state index in [1.807, 2.05) is 12.3 Å². The summed E-state index contributed by atoms with van der Waals surface area (Å²) >= 11 is 0. The maximum atomic E-state index is 5.39. The Morgan fingerprint density at radius 2 is 1.68 bits per heavy atom. The molecular formula is C19H22N2O. The molecule has 1 aliphatic rings. The number of anilines is 1. The highest BCUT2D eigenvalue weighted by molar-refractivity contribution is 5.71. The van der Waals surface area contributed by atoms with Crippen molar-refractivity contribution in [2.75, 3.05) is 31.2 Å². The molecule has 0 spiro atoms. The van der Waals surface area contributed by atoms with Crippen LogP contribution in [0.2, 0.25) is 0 Å². The molecule has 0 radical (unpaired) electrons. The fourth-order valence-electron chi connectivity index (χ4n) is 2.61. The first kappa shape index (κ1) is 14.8. The molecule has 3 rings (SSSR count). The van der Waals surface area contributed by atoms with Gasteiger partial charge in [0.15, 0.2) is 0 Å². The van der Waals surface area contributed by atoms with Gasteiger partial charge >= 0.3 is 0 Å². The van der Waals surface area contributed by atoms with E-state index in [-0.39, 0.29) is 0 Å². The topological polar surface area (TPSA) is 24.8 Å². The van der Waals surface area contributed by atoms with Crippen LogP contribution < -0.4 is 4.90 Å². The minimum Gasteiger partial charge on any atom is -0.378 e. The fraction of sp³-hybridized carbons (Fsp3) is 0.316. The Balaban J connectivity index is 1.64. The Labute approximate surface area is 132 Å². The van der Waals surface area contributed by atoms with E-state index in [9.17, 15) is 0 Å². The highest BCUT2D eigenvalue weighted by atomic mass is 16.5. The van der Waals surface area contributed by atoms with Crippen molar-refractivity contribution >= 4 is 17.6 Å². The van der Waals surface area contributed by atoms with E-state index in [1.165, 1.54) is 11.3 Å². The third kappa shape index (κ3) is 3.74. The number of hydrogen-bond acceptors (Lipinski definition) is 3. The monoisotopic (exact) mass is 294 g/mol. The fourth-order valence-corrected chi connectivity index (χ4v) is 2.61. The van der Waals surface area contributed by atoms with Gasteiger partial charge in [0, 0.05) is 30.9 Å². The number of ether oxygens (including phenoxy) is 1. The molecule has 1 fully saturated rings. The van der Waals surface area contributed by atoms with Gasteiger partial charge < -0.3 is 9.64 Å². The molecule has 1 heterocycles. The van der Waals surface area contributed by atoms with E-state index in [1.54, 1.807) is 0 Å². The molecule has 1 unspecified atom stereocenters. The average molecular weight is 294 g/mol. The molecule has 2 aromatic rings. The summed E-state index contributed by atoms with van der Waals surface area (Å²) in [5, 5.41) is 0. The summed E-state index contributed by atoms with van der Waals surface area (Å²) in [5.41, 5.74) is 3.54. The molecule has 2 aromatic carbocycles. The smallest absolute Gasteiger partial charge is 0.0642 e. The van der Waals surface area contributed by atoms with Crippen LogP contribution >= 0.6 is 0 Å². The van der Waals surface area contributed by atoms with Gasteiger partial charge in [-0.05, 0) is 29.8 Å². The van der Waals surface area contributed by atoms with Crippen LogP contribution in [0.3, 0.4) is 0 Å².